The van der Waals surface area contributed by atoms with E-state index in [2.05, 4.69) is 5.10 Å². The van der Waals surface area contributed by atoms with Gasteiger partial charge in [0.25, 0.3) is 0 Å². The SMILES string of the molecule is Cn1nccc1C(=O)c1ccc(N)c(F)c1. The lowest BCUT2D eigenvalue weighted by atomic mass is 10.1. The molecule has 16 heavy (non-hydrogen) atoms. The van der Waals surface area contributed by atoms with Crippen molar-refractivity contribution in [2.24, 2.45) is 7.05 Å². The molecule has 0 saturated heterocycles. The van der Waals surface area contributed by atoms with Crippen molar-refractivity contribution in [3.8, 4) is 0 Å². The lowest BCUT2D eigenvalue weighted by molar-refractivity contribution is 0.103. The van der Waals surface area contributed by atoms with Gasteiger partial charge in [-0.3, -0.25) is 9.48 Å². The van der Waals surface area contributed by atoms with Crippen LogP contribution in [0.4, 0.5) is 10.1 Å². The second-order valence-corrected chi connectivity index (χ2v) is 3.41. The Bertz CT molecular complexity index is 548. The van der Waals surface area contributed by atoms with E-state index in [0.717, 1.165) is 6.07 Å². The number of nitrogens with zero attached hydrogens (tertiary/aromatic N) is 2. The van der Waals surface area contributed by atoms with Gasteiger partial charge in [0.2, 0.25) is 5.78 Å². The number of ketones is 1. The van der Waals surface area contributed by atoms with E-state index in [9.17, 15) is 9.18 Å². The fraction of sp³-hybridized carbons (Fsp3) is 0.0909. The van der Waals surface area contributed by atoms with Crippen LogP contribution in [0.15, 0.2) is 30.5 Å². The molecule has 2 aromatic rings. The predicted octanol–water partition coefficient (Wildman–Crippen LogP) is 1.37. The number of aromatic nitrogens is 2. The Hall–Kier alpha value is -2.17. The van der Waals surface area contributed by atoms with Crippen LogP contribution >= 0.6 is 0 Å². The minimum Gasteiger partial charge on any atom is -0.396 e. The number of rotatable bonds is 2. The Morgan fingerprint density at radius 3 is 2.75 bits per heavy atom. The molecule has 5 heteroatoms. The van der Waals surface area contributed by atoms with E-state index in [0.29, 0.717) is 5.69 Å². The molecule has 1 aromatic heterocycles. The molecule has 0 amide bonds. The average molecular weight is 219 g/mol. The summed E-state index contributed by atoms with van der Waals surface area (Å²) < 4.78 is 14.6. The molecule has 1 heterocycles. The van der Waals surface area contributed by atoms with Gasteiger partial charge in [-0.25, -0.2) is 4.39 Å². The van der Waals surface area contributed by atoms with E-state index in [1.54, 1.807) is 13.1 Å². The van der Waals surface area contributed by atoms with Gasteiger partial charge in [-0.15, -0.1) is 0 Å². The molecule has 0 aliphatic carbocycles. The molecule has 0 radical (unpaired) electrons. The van der Waals surface area contributed by atoms with Gasteiger partial charge in [0, 0.05) is 18.8 Å². The third-order valence-electron chi connectivity index (χ3n) is 2.32. The molecule has 2 N–H and O–H groups in total. The van der Waals surface area contributed by atoms with Crippen LogP contribution in [0.1, 0.15) is 16.1 Å². The quantitative estimate of drug-likeness (QED) is 0.613. The van der Waals surface area contributed by atoms with Crippen LogP contribution in [0.5, 0.6) is 0 Å². The van der Waals surface area contributed by atoms with Crippen molar-refractivity contribution in [3.05, 3.63) is 47.5 Å². The van der Waals surface area contributed by atoms with Gasteiger partial charge < -0.3 is 5.73 Å². The van der Waals surface area contributed by atoms with Crippen molar-refractivity contribution in [2.75, 3.05) is 5.73 Å². The number of halogens is 1. The summed E-state index contributed by atoms with van der Waals surface area (Å²) >= 11 is 0. The van der Waals surface area contributed by atoms with Crippen LogP contribution in [-0.2, 0) is 7.05 Å². The third-order valence-corrected chi connectivity index (χ3v) is 2.32. The molecule has 1 aromatic carbocycles. The highest BCUT2D eigenvalue weighted by molar-refractivity contribution is 6.07. The zero-order chi connectivity index (χ0) is 11.7. The largest absolute Gasteiger partial charge is 0.396 e. The lowest BCUT2D eigenvalue weighted by Gasteiger charge is -2.03. The number of carbonyl (C=O) groups is 1. The maximum atomic E-state index is 13.2. The van der Waals surface area contributed by atoms with E-state index in [1.807, 2.05) is 0 Å². The molecule has 82 valence electrons. The first-order valence-electron chi connectivity index (χ1n) is 4.67. The van der Waals surface area contributed by atoms with E-state index >= 15 is 0 Å². The summed E-state index contributed by atoms with van der Waals surface area (Å²) in [6, 6.07) is 5.58. The van der Waals surface area contributed by atoms with Gasteiger partial charge in [0.1, 0.15) is 11.5 Å². The maximum absolute atomic E-state index is 13.2. The second-order valence-electron chi connectivity index (χ2n) is 3.41. The zero-order valence-corrected chi connectivity index (χ0v) is 8.64. The number of carbonyl (C=O) groups excluding carboxylic acids is 1. The molecule has 0 unspecified atom stereocenters. The van der Waals surface area contributed by atoms with Crippen molar-refractivity contribution < 1.29 is 9.18 Å². The first kappa shape index (κ1) is 10.4. The fourth-order valence-electron chi connectivity index (χ4n) is 1.41. The Kier molecular flexibility index (Phi) is 2.44. The number of aryl methyl sites for hydroxylation is 1. The molecule has 0 bridgehead atoms. The zero-order valence-electron chi connectivity index (χ0n) is 8.64. The highest BCUT2D eigenvalue weighted by Crippen LogP contribution is 2.15. The van der Waals surface area contributed by atoms with E-state index < -0.39 is 5.82 Å². The van der Waals surface area contributed by atoms with Gasteiger partial charge in [-0.05, 0) is 24.3 Å². The minimum atomic E-state index is -0.590. The molecule has 0 saturated carbocycles. The van der Waals surface area contributed by atoms with Crippen LogP contribution in [0.2, 0.25) is 0 Å². The maximum Gasteiger partial charge on any atom is 0.211 e. The summed E-state index contributed by atoms with van der Waals surface area (Å²) in [6.45, 7) is 0. The Labute approximate surface area is 91.5 Å². The third kappa shape index (κ3) is 1.67. The van der Waals surface area contributed by atoms with Gasteiger partial charge in [-0.1, -0.05) is 0 Å². The summed E-state index contributed by atoms with van der Waals surface area (Å²) in [5.74, 6) is -0.869. The normalized spacial score (nSPS) is 10.4. The lowest BCUT2D eigenvalue weighted by Crippen LogP contribution is -2.08. The van der Waals surface area contributed by atoms with E-state index in [1.165, 1.54) is 23.0 Å². The smallest absolute Gasteiger partial charge is 0.211 e. The molecular weight excluding hydrogens is 209 g/mol. The minimum absolute atomic E-state index is 0.0292. The fourth-order valence-corrected chi connectivity index (χ4v) is 1.41. The summed E-state index contributed by atoms with van der Waals surface area (Å²) in [6.07, 6.45) is 1.51. The number of benzene rings is 1. The highest BCUT2D eigenvalue weighted by Gasteiger charge is 2.13. The Morgan fingerprint density at radius 2 is 2.19 bits per heavy atom. The monoisotopic (exact) mass is 219 g/mol. The van der Waals surface area contributed by atoms with Crippen LogP contribution in [0.3, 0.4) is 0 Å². The van der Waals surface area contributed by atoms with Gasteiger partial charge in [0.15, 0.2) is 0 Å². The van der Waals surface area contributed by atoms with E-state index in [-0.39, 0.29) is 17.0 Å². The summed E-state index contributed by atoms with van der Waals surface area (Å²) in [7, 11) is 1.65. The van der Waals surface area contributed by atoms with Crippen LogP contribution in [-0.4, -0.2) is 15.6 Å². The Morgan fingerprint density at radius 1 is 1.44 bits per heavy atom. The average Bonchev–Trinajstić information content (AvgIpc) is 2.67. The molecule has 0 atom stereocenters. The first-order valence-corrected chi connectivity index (χ1v) is 4.67. The molecule has 4 nitrogen and oxygen atoms in total. The highest BCUT2D eigenvalue weighted by atomic mass is 19.1. The van der Waals surface area contributed by atoms with Crippen LogP contribution in [0.25, 0.3) is 0 Å². The van der Waals surface area contributed by atoms with Crippen LogP contribution < -0.4 is 5.73 Å². The second kappa shape index (κ2) is 3.77. The van der Waals surface area contributed by atoms with Crippen LogP contribution in [0, 0.1) is 5.82 Å². The summed E-state index contributed by atoms with van der Waals surface area (Å²) in [5, 5.41) is 3.88. The summed E-state index contributed by atoms with van der Waals surface area (Å²) in [4.78, 5) is 11.9. The number of hydrogen-bond acceptors (Lipinski definition) is 3. The molecule has 0 aliphatic rings. The predicted molar refractivity (Wildman–Crippen MR) is 57.5 cm³/mol. The number of anilines is 1. The molecule has 0 aliphatic heterocycles. The summed E-state index contributed by atoms with van der Waals surface area (Å²) in [5.41, 5.74) is 6.03. The molecule has 0 spiro atoms. The van der Waals surface area contributed by atoms with Crippen molar-refractivity contribution in [1.29, 1.82) is 0 Å². The van der Waals surface area contributed by atoms with E-state index in [4.69, 9.17) is 5.73 Å². The number of hydrogen-bond donors (Lipinski definition) is 1. The number of nitrogen functional groups attached to an aromatic ring is 1. The van der Waals surface area contributed by atoms with Crippen molar-refractivity contribution in [3.63, 3.8) is 0 Å². The molecule has 0 fully saturated rings. The topological polar surface area (TPSA) is 60.9 Å². The Balaban J connectivity index is 2.42. The van der Waals surface area contributed by atoms with Crippen molar-refractivity contribution >= 4 is 11.5 Å². The van der Waals surface area contributed by atoms with Gasteiger partial charge in [0.05, 0.1) is 5.69 Å². The van der Waals surface area contributed by atoms with Crippen molar-refractivity contribution in [2.45, 2.75) is 0 Å². The molecule has 2 rings (SSSR count). The first-order chi connectivity index (χ1) is 7.59. The number of nitrogens with two attached hydrogens (primary N) is 1. The van der Waals surface area contributed by atoms with Gasteiger partial charge in [-0.2, -0.15) is 5.10 Å². The standard InChI is InChI=1S/C11H10FN3O/c1-15-10(4-5-14-15)11(16)7-2-3-9(13)8(12)6-7/h2-6H,13H2,1H3. The van der Waals surface area contributed by atoms with Gasteiger partial charge >= 0.3 is 0 Å². The van der Waals surface area contributed by atoms with Crippen molar-refractivity contribution in [1.82, 2.24) is 9.78 Å². The molecular formula is C11H10FN3O.